The van der Waals surface area contributed by atoms with Crippen molar-refractivity contribution in [1.29, 1.82) is 0 Å². The van der Waals surface area contributed by atoms with Crippen LogP contribution in [0.1, 0.15) is 24.1 Å². The van der Waals surface area contributed by atoms with Crippen molar-refractivity contribution in [2.24, 2.45) is 0 Å². The van der Waals surface area contributed by atoms with Crippen molar-refractivity contribution >= 4 is 22.6 Å². The molecule has 154 valence electrons. The first-order valence-electron chi connectivity index (χ1n) is 9.55. The Morgan fingerprint density at radius 3 is 2.77 bits per heavy atom. The molecule has 4 rings (SSSR count). The molecule has 1 atom stereocenters. The normalized spacial score (nSPS) is 16.6. The standard InChI is InChI=1S/C23H21FN2O4/c1-13(27)20-21(14-4-3-5-16(24)10-14)26(23(29)22(20)28)9-8-15-12-25-19-7-6-17(30-2)11-18(15)19/h3-7,10-12,21,25,28H,8-9H2,1-2H3/t21-/m1/s1. The van der Waals surface area contributed by atoms with E-state index in [1.165, 1.54) is 30.0 Å². The highest BCUT2D eigenvalue weighted by Gasteiger charge is 2.42. The molecule has 0 fully saturated rings. The fraction of sp³-hybridized carbons (Fsp3) is 0.217. The van der Waals surface area contributed by atoms with E-state index in [4.69, 9.17) is 4.74 Å². The van der Waals surface area contributed by atoms with Crippen LogP contribution in [-0.4, -0.2) is 40.3 Å². The number of amides is 1. The van der Waals surface area contributed by atoms with E-state index < -0.39 is 29.3 Å². The van der Waals surface area contributed by atoms with Crippen LogP contribution >= 0.6 is 0 Å². The zero-order valence-corrected chi connectivity index (χ0v) is 16.6. The van der Waals surface area contributed by atoms with E-state index in [-0.39, 0.29) is 12.1 Å². The van der Waals surface area contributed by atoms with Crippen molar-refractivity contribution in [2.45, 2.75) is 19.4 Å². The van der Waals surface area contributed by atoms with Crippen LogP contribution in [0.25, 0.3) is 10.9 Å². The number of aromatic amines is 1. The van der Waals surface area contributed by atoms with E-state index in [1.807, 2.05) is 24.4 Å². The lowest BCUT2D eigenvalue weighted by Crippen LogP contribution is -2.33. The number of halogens is 1. The highest BCUT2D eigenvalue weighted by molar-refractivity contribution is 6.08. The SMILES string of the molecule is COc1ccc2[nH]cc(CCN3C(=O)C(O)=C(C(C)=O)[C@H]3c3cccc(F)c3)c2c1. The van der Waals surface area contributed by atoms with Gasteiger partial charge in [0.2, 0.25) is 0 Å². The molecule has 0 saturated heterocycles. The molecule has 0 saturated carbocycles. The van der Waals surface area contributed by atoms with Crippen LogP contribution in [0.15, 0.2) is 60.0 Å². The summed E-state index contributed by atoms with van der Waals surface area (Å²) in [4.78, 5) is 29.5. The Balaban J connectivity index is 1.67. The van der Waals surface area contributed by atoms with E-state index >= 15 is 0 Å². The predicted molar refractivity (Wildman–Crippen MR) is 110 cm³/mol. The molecular formula is C23H21FN2O4. The van der Waals surface area contributed by atoms with Gasteiger partial charge >= 0.3 is 0 Å². The maximum atomic E-state index is 13.8. The number of hydrogen-bond donors (Lipinski definition) is 2. The fourth-order valence-corrected chi connectivity index (χ4v) is 4.00. The molecule has 0 radical (unpaired) electrons. The summed E-state index contributed by atoms with van der Waals surface area (Å²) in [6.45, 7) is 1.53. The van der Waals surface area contributed by atoms with Gasteiger partial charge in [-0.15, -0.1) is 0 Å². The Bertz CT molecular complexity index is 1180. The van der Waals surface area contributed by atoms with Crippen LogP contribution in [0.2, 0.25) is 0 Å². The van der Waals surface area contributed by atoms with E-state index in [1.54, 1.807) is 13.2 Å². The van der Waals surface area contributed by atoms with E-state index in [0.717, 1.165) is 22.2 Å². The van der Waals surface area contributed by atoms with Crippen LogP contribution in [0.5, 0.6) is 5.75 Å². The largest absolute Gasteiger partial charge is 0.503 e. The summed E-state index contributed by atoms with van der Waals surface area (Å²) in [6.07, 6.45) is 2.34. The van der Waals surface area contributed by atoms with Gasteiger partial charge in [0.15, 0.2) is 11.5 Å². The van der Waals surface area contributed by atoms with Gasteiger partial charge in [-0.3, -0.25) is 9.59 Å². The molecule has 0 spiro atoms. The number of ketones is 1. The number of aliphatic hydroxyl groups excluding tert-OH is 1. The Kier molecular flexibility index (Phi) is 5.03. The van der Waals surface area contributed by atoms with Crippen LogP contribution < -0.4 is 4.74 Å². The zero-order chi connectivity index (χ0) is 21.4. The van der Waals surface area contributed by atoms with Crippen molar-refractivity contribution in [3.05, 3.63) is 76.9 Å². The van der Waals surface area contributed by atoms with Crippen LogP contribution in [0.3, 0.4) is 0 Å². The van der Waals surface area contributed by atoms with Gasteiger partial charge < -0.3 is 19.7 Å². The molecule has 1 aromatic heterocycles. The third kappa shape index (κ3) is 3.32. The summed E-state index contributed by atoms with van der Waals surface area (Å²) in [5.74, 6) is -1.38. The summed E-state index contributed by atoms with van der Waals surface area (Å²) in [7, 11) is 1.59. The van der Waals surface area contributed by atoms with Crippen molar-refractivity contribution in [1.82, 2.24) is 9.88 Å². The first-order chi connectivity index (χ1) is 14.4. The van der Waals surface area contributed by atoms with Gasteiger partial charge in [0.25, 0.3) is 5.91 Å². The lowest BCUT2D eigenvalue weighted by molar-refractivity contribution is -0.129. The number of aliphatic hydroxyl groups is 1. The number of aromatic nitrogens is 1. The van der Waals surface area contributed by atoms with Gasteiger partial charge in [0.1, 0.15) is 11.6 Å². The minimum atomic E-state index is -0.828. The molecule has 2 heterocycles. The fourth-order valence-electron chi connectivity index (χ4n) is 4.00. The van der Waals surface area contributed by atoms with E-state index in [0.29, 0.717) is 12.0 Å². The highest BCUT2D eigenvalue weighted by Crippen LogP contribution is 2.38. The average Bonchev–Trinajstić information content (AvgIpc) is 3.24. The number of Topliss-reactive ketones (excluding diaryl/α,β-unsaturated/α-hetero) is 1. The number of rotatable bonds is 6. The van der Waals surface area contributed by atoms with Crippen molar-refractivity contribution in [2.75, 3.05) is 13.7 Å². The molecule has 1 amide bonds. The number of benzene rings is 2. The molecule has 3 aromatic rings. The lowest BCUT2D eigenvalue weighted by atomic mass is 9.96. The van der Waals surface area contributed by atoms with Crippen LogP contribution in [0, 0.1) is 5.82 Å². The topological polar surface area (TPSA) is 82.6 Å². The van der Waals surface area contributed by atoms with Gasteiger partial charge in [-0.2, -0.15) is 0 Å². The second-order valence-electron chi connectivity index (χ2n) is 7.25. The summed E-state index contributed by atoms with van der Waals surface area (Å²) in [5.41, 5.74) is 2.33. The summed E-state index contributed by atoms with van der Waals surface area (Å²) >= 11 is 0. The third-order valence-corrected chi connectivity index (χ3v) is 5.44. The van der Waals surface area contributed by atoms with Gasteiger partial charge in [-0.1, -0.05) is 12.1 Å². The minimum absolute atomic E-state index is 0.00815. The quantitative estimate of drug-likeness (QED) is 0.649. The molecule has 0 aliphatic carbocycles. The second kappa shape index (κ2) is 7.67. The number of fused-ring (bicyclic) bond motifs is 1. The van der Waals surface area contributed by atoms with Gasteiger partial charge in [-0.25, -0.2) is 4.39 Å². The average molecular weight is 408 g/mol. The molecular weight excluding hydrogens is 387 g/mol. The monoisotopic (exact) mass is 408 g/mol. The van der Waals surface area contributed by atoms with E-state index in [2.05, 4.69) is 4.98 Å². The number of nitrogens with zero attached hydrogens (tertiary/aromatic N) is 1. The zero-order valence-electron chi connectivity index (χ0n) is 16.6. The molecule has 30 heavy (non-hydrogen) atoms. The molecule has 2 N–H and O–H groups in total. The van der Waals surface area contributed by atoms with Crippen molar-refractivity contribution in [3.8, 4) is 5.75 Å². The second-order valence-corrected chi connectivity index (χ2v) is 7.25. The molecule has 6 nitrogen and oxygen atoms in total. The number of methoxy groups -OCH3 is 1. The maximum absolute atomic E-state index is 13.8. The number of H-pyrrole nitrogens is 1. The van der Waals surface area contributed by atoms with Crippen molar-refractivity contribution in [3.63, 3.8) is 0 Å². The lowest BCUT2D eigenvalue weighted by Gasteiger charge is -2.26. The van der Waals surface area contributed by atoms with Crippen LogP contribution in [-0.2, 0) is 16.0 Å². The summed E-state index contributed by atoms with van der Waals surface area (Å²) in [6, 6.07) is 10.6. The van der Waals surface area contributed by atoms with Crippen molar-refractivity contribution < 1.29 is 23.8 Å². The first kappa shape index (κ1) is 19.7. The van der Waals surface area contributed by atoms with E-state index in [9.17, 15) is 19.1 Å². The Labute approximate surface area is 172 Å². The molecule has 0 unspecified atom stereocenters. The van der Waals surface area contributed by atoms with Crippen LogP contribution in [0.4, 0.5) is 4.39 Å². The maximum Gasteiger partial charge on any atom is 0.290 e. The predicted octanol–water partition coefficient (Wildman–Crippen LogP) is 3.84. The molecule has 1 aliphatic rings. The molecule has 2 aromatic carbocycles. The highest BCUT2D eigenvalue weighted by atomic mass is 19.1. The minimum Gasteiger partial charge on any atom is -0.503 e. The Morgan fingerprint density at radius 2 is 2.07 bits per heavy atom. The number of ether oxygens (including phenoxy) is 1. The third-order valence-electron chi connectivity index (χ3n) is 5.44. The van der Waals surface area contributed by atoms with Gasteiger partial charge in [-0.05, 0) is 54.8 Å². The smallest absolute Gasteiger partial charge is 0.290 e. The van der Waals surface area contributed by atoms with Gasteiger partial charge in [0, 0.05) is 23.6 Å². The molecule has 0 bridgehead atoms. The first-order valence-corrected chi connectivity index (χ1v) is 9.55. The Hall–Kier alpha value is -3.61. The summed E-state index contributed by atoms with van der Waals surface area (Å²) in [5, 5.41) is 11.3. The molecule has 7 heteroatoms. The number of hydrogen-bond acceptors (Lipinski definition) is 4. The number of nitrogens with one attached hydrogen (secondary N) is 1. The number of carbonyl (C=O) groups is 2. The Morgan fingerprint density at radius 1 is 1.27 bits per heavy atom. The number of carbonyl (C=O) groups excluding carboxylic acids is 2. The van der Waals surface area contributed by atoms with Gasteiger partial charge in [0.05, 0.1) is 18.7 Å². The summed E-state index contributed by atoms with van der Waals surface area (Å²) < 4.78 is 19.1. The molecule has 1 aliphatic heterocycles.